The minimum absolute atomic E-state index is 0.0880. The molecular weight excluding hydrogens is 286 g/mol. The van der Waals surface area contributed by atoms with E-state index in [1.54, 1.807) is 24.1 Å². The van der Waals surface area contributed by atoms with Crippen molar-refractivity contribution < 1.29 is 19.4 Å². The highest BCUT2D eigenvalue weighted by molar-refractivity contribution is 5.80. The third-order valence-corrected chi connectivity index (χ3v) is 3.13. The van der Waals surface area contributed by atoms with Crippen LogP contribution < -0.4 is 5.32 Å². The van der Waals surface area contributed by atoms with E-state index in [4.69, 9.17) is 4.74 Å². The van der Waals surface area contributed by atoms with Crippen molar-refractivity contribution in [2.45, 2.75) is 19.1 Å². The van der Waals surface area contributed by atoms with Gasteiger partial charge in [0, 0.05) is 25.4 Å². The Hall–Kier alpha value is -2.83. The molecule has 2 N–H and O–H groups in total. The summed E-state index contributed by atoms with van der Waals surface area (Å²) >= 11 is 0. The Morgan fingerprint density at radius 3 is 2.68 bits per heavy atom. The molecule has 0 unspecified atom stereocenters. The van der Waals surface area contributed by atoms with Gasteiger partial charge in [0.05, 0.1) is 6.33 Å². The number of aryl methyl sites for hydroxylation is 1. The van der Waals surface area contributed by atoms with E-state index in [0.717, 1.165) is 5.56 Å². The zero-order valence-corrected chi connectivity index (χ0v) is 12.1. The van der Waals surface area contributed by atoms with Gasteiger partial charge in [0.1, 0.15) is 12.6 Å². The van der Waals surface area contributed by atoms with Gasteiger partial charge in [-0.2, -0.15) is 0 Å². The van der Waals surface area contributed by atoms with E-state index < -0.39 is 18.1 Å². The van der Waals surface area contributed by atoms with Crippen LogP contribution in [0, 0.1) is 0 Å². The number of carboxylic acids is 1. The topological polar surface area (TPSA) is 93.5 Å². The number of nitrogens with zero attached hydrogens (tertiary/aromatic N) is 2. The van der Waals surface area contributed by atoms with Crippen LogP contribution in [0.4, 0.5) is 4.79 Å². The second-order valence-electron chi connectivity index (χ2n) is 4.80. The van der Waals surface area contributed by atoms with Crippen molar-refractivity contribution in [1.82, 2.24) is 14.9 Å². The van der Waals surface area contributed by atoms with Crippen molar-refractivity contribution in [2.75, 3.05) is 0 Å². The van der Waals surface area contributed by atoms with Gasteiger partial charge in [-0.05, 0) is 5.56 Å². The number of amides is 1. The van der Waals surface area contributed by atoms with E-state index >= 15 is 0 Å². The van der Waals surface area contributed by atoms with Crippen LogP contribution in [0.15, 0.2) is 42.9 Å². The van der Waals surface area contributed by atoms with E-state index in [9.17, 15) is 14.7 Å². The van der Waals surface area contributed by atoms with Crippen LogP contribution in [-0.4, -0.2) is 32.8 Å². The number of nitrogens with one attached hydrogen (secondary N) is 1. The molecule has 1 aromatic carbocycles. The Kier molecular flexibility index (Phi) is 5.13. The molecule has 0 spiro atoms. The molecule has 116 valence electrons. The van der Waals surface area contributed by atoms with Crippen molar-refractivity contribution in [3.8, 4) is 0 Å². The Balaban J connectivity index is 1.89. The number of benzene rings is 1. The lowest BCUT2D eigenvalue weighted by Crippen LogP contribution is -2.42. The number of ether oxygens (including phenoxy) is 1. The number of carbonyl (C=O) groups is 2. The Morgan fingerprint density at radius 2 is 2.09 bits per heavy atom. The number of carboxylic acid groups (broad SMARTS) is 1. The molecule has 7 nitrogen and oxygen atoms in total. The summed E-state index contributed by atoms with van der Waals surface area (Å²) < 4.78 is 6.72. The summed E-state index contributed by atoms with van der Waals surface area (Å²) in [6.45, 7) is 0.0880. The average Bonchev–Trinajstić information content (AvgIpc) is 2.91. The van der Waals surface area contributed by atoms with Crippen LogP contribution in [0.1, 0.15) is 11.3 Å². The van der Waals surface area contributed by atoms with Crippen molar-refractivity contribution in [3.05, 3.63) is 54.1 Å². The van der Waals surface area contributed by atoms with E-state index in [0.29, 0.717) is 5.69 Å². The van der Waals surface area contributed by atoms with Gasteiger partial charge < -0.3 is 19.7 Å². The molecule has 0 aliphatic rings. The number of imidazole rings is 1. The Bertz CT molecular complexity index is 639. The summed E-state index contributed by atoms with van der Waals surface area (Å²) in [5, 5.41) is 11.5. The fourth-order valence-electron chi connectivity index (χ4n) is 1.90. The number of alkyl carbamates (subject to hydrolysis) is 1. The first-order valence-electron chi connectivity index (χ1n) is 6.71. The molecule has 1 atom stereocenters. The van der Waals surface area contributed by atoms with Crippen molar-refractivity contribution in [2.24, 2.45) is 7.05 Å². The maximum absolute atomic E-state index is 11.7. The Morgan fingerprint density at radius 1 is 1.36 bits per heavy atom. The summed E-state index contributed by atoms with van der Waals surface area (Å²) in [7, 11) is 1.76. The molecule has 0 saturated carbocycles. The third kappa shape index (κ3) is 4.34. The van der Waals surface area contributed by atoms with Crippen molar-refractivity contribution in [1.29, 1.82) is 0 Å². The molecule has 0 bridgehead atoms. The van der Waals surface area contributed by atoms with Crippen LogP contribution in [0.5, 0.6) is 0 Å². The van der Waals surface area contributed by atoms with Crippen LogP contribution in [0.2, 0.25) is 0 Å². The number of carbonyl (C=O) groups excluding carboxylic acids is 1. The molecule has 0 saturated heterocycles. The second-order valence-corrected chi connectivity index (χ2v) is 4.80. The molecule has 0 fully saturated rings. The molecule has 0 radical (unpaired) electrons. The molecular formula is C15H17N3O4. The minimum Gasteiger partial charge on any atom is -0.480 e. The number of aromatic nitrogens is 2. The zero-order chi connectivity index (χ0) is 15.9. The summed E-state index contributed by atoms with van der Waals surface area (Å²) in [6, 6.07) is 8.09. The first kappa shape index (κ1) is 15.6. The number of hydrogen-bond donors (Lipinski definition) is 2. The molecule has 7 heteroatoms. The molecule has 2 aromatic rings. The highest BCUT2D eigenvalue weighted by Crippen LogP contribution is 2.04. The SMILES string of the molecule is Cn1cncc1C[C@H](NC(=O)OCc1ccccc1)C(=O)O. The lowest BCUT2D eigenvalue weighted by Gasteiger charge is -2.14. The van der Waals surface area contributed by atoms with E-state index in [1.807, 2.05) is 30.3 Å². The van der Waals surface area contributed by atoms with Crippen LogP contribution >= 0.6 is 0 Å². The average molecular weight is 303 g/mol. The highest BCUT2D eigenvalue weighted by Gasteiger charge is 2.22. The number of rotatable bonds is 6. The van der Waals surface area contributed by atoms with E-state index in [2.05, 4.69) is 10.3 Å². The summed E-state index contributed by atoms with van der Waals surface area (Å²) in [6.07, 6.45) is 2.50. The van der Waals surface area contributed by atoms with Gasteiger partial charge in [-0.1, -0.05) is 30.3 Å². The van der Waals surface area contributed by atoms with Gasteiger partial charge in [0.25, 0.3) is 0 Å². The maximum Gasteiger partial charge on any atom is 0.408 e. The summed E-state index contributed by atoms with van der Waals surface area (Å²) in [5.74, 6) is -1.13. The van der Waals surface area contributed by atoms with Gasteiger partial charge in [-0.25, -0.2) is 14.6 Å². The molecule has 1 amide bonds. The predicted molar refractivity (Wildman–Crippen MR) is 78.1 cm³/mol. The standard InChI is InChI=1S/C15H17N3O4/c1-18-10-16-8-12(18)7-13(14(19)20)17-15(21)22-9-11-5-3-2-4-6-11/h2-6,8,10,13H,7,9H2,1H3,(H,17,21)(H,19,20)/t13-/m0/s1. The lowest BCUT2D eigenvalue weighted by molar-refractivity contribution is -0.139. The van der Waals surface area contributed by atoms with E-state index in [-0.39, 0.29) is 13.0 Å². The molecule has 2 rings (SSSR count). The molecule has 22 heavy (non-hydrogen) atoms. The monoisotopic (exact) mass is 303 g/mol. The first-order chi connectivity index (χ1) is 10.6. The van der Waals surface area contributed by atoms with Crippen LogP contribution in [0.3, 0.4) is 0 Å². The fourth-order valence-corrected chi connectivity index (χ4v) is 1.90. The lowest BCUT2D eigenvalue weighted by atomic mass is 10.1. The van der Waals surface area contributed by atoms with Gasteiger partial charge in [0.2, 0.25) is 0 Å². The number of aliphatic carboxylic acids is 1. The molecule has 0 aliphatic heterocycles. The van der Waals surface area contributed by atoms with Gasteiger partial charge in [-0.3, -0.25) is 0 Å². The maximum atomic E-state index is 11.7. The first-order valence-corrected chi connectivity index (χ1v) is 6.71. The summed E-state index contributed by atoms with van der Waals surface area (Å²) in [4.78, 5) is 26.9. The molecule has 1 heterocycles. The third-order valence-electron chi connectivity index (χ3n) is 3.13. The van der Waals surface area contributed by atoms with Gasteiger partial charge in [0.15, 0.2) is 0 Å². The highest BCUT2D eigenvalue weighted by atomic mass is 16.5. The van der Waals surface area contributed by atoms with Crippen molar-refractivity contribution in [3.63, 3.8) is 0 Å². The van der Waals surface area contributed by atoms with Gasteiger partial charge in [-0.15, -0.1) is 0 Å². The smallest absolute Gasteiger partial charge is 0.408 e. The second kappa shape index (κ2) is 7.26. The number of hydrogen-bond acceptors (Lipinski definition) is 4. The fraction of sp³-hybridized carbons (Fsp3) is 0.267. The predicted octanol–water partition coefficient (Wildman–Crippen LogP) is 1.34. The van der Waals surface area contributed by atoms with Crippen LogP contribution in [-0.2, 0) is 29.6 Å². The zero-order valence-electron chi connectivity index (χ0n) is 12.1. The quantitative estimate of drug-likeness (QED) is 0.840. The largest absolute Gasteiger partial charge is 0.480 e. The van der Waals surface area contributed by atoms with Crippen LogP contribution in [0.25, 0.3) is 0 Å². The van der Waals surface area contributed by atoms with Gasteiger partial charge >= 0.3 is 12.1 Å². The molecule has 1 aromatic heterocycles. The van der Waals surface area contributed by atoms with Crippen molar-refractivity contribution >= 4 is 12.1 Å². The normalized spacial score (nSPS) is 11.7. The Labute approximate surface area is 127 Å². The summed E-state index contributed by atoms with van der Waals surface area (Å²) in [5.41, 5.74) is 1.53. The minimum atomic E-state index is -1.13. The van der Waals surface area contributed by atoms with E-state index in [1.165, 1.54) is 0 Å². The molecule has 0 aliphatic carbocycles.